The minimum Gasteiger partial charge on any atom is -0.397 e. The summed E-state index contributed by atoms with van der Waals surface area (Å²) in [5.74, 6) is -0.0298. The molecule has 7 nitrogen and oxygen atoms in total. The first kappa shape index (κ1) is 18.4. The molecule has 2 heterocycles. The van der Waals surface area contributed by atoms with Crippen molar-refractivity contribution in [3.63, 3.8) is 0 Å². The SMILES string of the molecule is CNc1ccccc1N.O=Cc1ccc(NC(=O)CC2CCN2)cn1. The minimum atomic E-state index is -0.0298. The van der Waals surface area contributed by atoms with E-state index in [1.807, 2.05) is 31.3 Å². The predicted octanol–water partition coefficient (Wildman–Crippen LogP) is 1.90. The lowest BCUT2D eigenvalue weighted by Gasteiger charge is -2.26. The van der Waals surface area contributed by atoms with Gasteiger partial charge in [-0.15, -0.1) is 0 Å². The average Bonchev–Trinajstić information content (AvgIpc) is 2.60. The summed E-state index contributed by atoms with van der Waals surface area (Å²) in [6.45, 7) is 0.994. The van der Waals surface area contributed by atoms with Crippen LogP contribution in [0.15, 0.2) is 42.6 Å². The van der Waals surface area contributed by atoms with Crippen molar-refractivity contribution in [1.29, 1.82) is 0 Å². The highest BCUT2D eigenvalue weighted by Crippen LogP contribution is 2.14. The molecule has 0 saturated carbocycles. The summed E-state index contributed by atoms with van der Waals surface area (Å²) in [5, 5.41) is 8.86. The molecular weight excluding hydrogens is 318 g/mol. The number of pyridine rings is 1. The third-order valence-corrected chi connectivity index (χ3v) is 3.78. The van der Waals surface area contributed by atoms with Gasteiger partial charge in [0.15, 0.2) is 6.29 Å². The van der Waals surface area contributed by atoms with Crippen molar-refractivity contribution in [2.24, 2.45) is 0 Å². The summed E-state index contributed by atoms with van der Waals surface area (Å²) in [6, 6.07) is 11.2. The lowest BCUT2D eigenvalue weighted by atomic mass is 10.0. The molecular formula is C18H23N5O2. The van der Waals surface area contributed by atoms with Crippen molar-refractivity contribution < 1.29 is 9.59 Å². The fourth-order valence-corrected chi connectivity index (χ4v) is 2.23. The summed E-state index contributed by atoms with van der Waals surface area (Å²) in [4.78, 5) is 25.8. The number of anilines is 3. The van der Waals surface area contributed by atoms with Gasteiger partial charge in [0.25, 0.3) is 0 Å². The number of hydrogen-bond acceptors (Lipinski definition) is 6. The predicted molar refractivity (Wildman–Crippen MR) is 99.7 cm³/mol. The van der Waals surface area contributed by atoms with Crippen LogP contribution >= 0.6 is 0 Å². The first-order chi connectivity index (χ1) is 12.1. The standard InChI is InChI=1S/C11H13N3O2.C7H10N2/c15-7-10-2-1-9(6-13-10)14-11(16)5-8-3-4-12-8;1-9-7-5-3-2-4-6(7)8/h1-2,6-8,12H,3-5H2,(H,14,16);2-5,9H,8H2,1H3. The van der Waals surface area contributed by atoms with Gasteiger partial charge >= 0.3 is 0 Å². The Morgan fingerprint density at radius 2 is 2.12 bits per heavy atom. The van der Waals surface area contributed by atoms with Gasteiger partial charge in [-0.3, -0.25) is 14.6 Å². The Hall–Kier alpha value is -2.93. The monoisotopic (exact) mass is 341 g/mol. The zero-order valence-electron chi connectivity index (χ0n) is 14.2. The number of nitrogens with zero attached hydrogens (tertiary/aromatic N) is 1. The number of benzene rings is 1. The van der Waals surface area contributed by atoms with Crippen LogP contribution in [0.1, 0.15) is 23.3 Å². The molecule has 25 heavy (non-hydrogen) atoms. The van der Waals surface area contributed by atoms with Crippen LogP contribution in [0.3, 0.4) is 0 Å². The highest BCUT2D eigenvalue weighted by atomic mass is 16.1. The van der Waals surface area contributed by atoms with E-state index in [2.05, 4.69) is 20.9 Å². The van der Waals surface area contributed by atoms with Crippen molar-refractivity contribution in [3.05, 3.63) is 48.3 Å². The molecule has 1 saturated heterocycles. The molecule has 0 radical (unpaired) electrons. The first-order valence-electron chi connectivity index (χ1n) is 8.09. The molecule has 132 valence electrons. The van der Waals surface area contributed by atoms with E-state index >= 15 is 0 Å². The zero-order chi connectivity index (χ0) is 18.1. The molecule has 1 aliphatic heterocycles. The molecule has 1 aromatic carbocycles. The van der Waals surface area contributed by atoms with E-state index in [4.69, 9.17) is 5.73 Å². The van der Waals surface area contributed by atoms with Crippen LogP contribution in [-0.4, -0.2) is 36.8 Å². The Morgan fingerprint density at radius 1 is 1.36 bits per heavy atom. The molecule has 2 aromatic rings. The van der Waals surface area contributed by atoms with Crippen LogP contribution in [0.5, 0.6) is 0 Å². The Kier molecular flexibility index (Phi) is 6.91. The lowest BCUT2D eigenvalue weighted by molar-refractivity contribution is -0.117. The maximum Gasteiger partial charge on any atom is 0.225 e. The minimum absolute atomic E-state index is 0.0298. The number of carbonyl (C=O) groups is 2. The van der Waals surface area contributed by atoms with Crippen LogP contribution in [0.4, 0.5) is 17.1 Å². The molecule has 3 rings (SSSR count). The summed E-state index contributed by atoms with van der Waals surface area (Å²) in [5.41, 5.74) is 8.32. The largest absolute Gasteiger partial charge is 0.397 e. The molecule has 5 N–H and O–H groups in total. The van der Waals surface area contributed by atoms with Crippen LogP contribution in [0.2, 0.25) is 0 Å². The van der Waals surface area contributed by atoms with Gasteiger partial charge < -0.3 is 21.7 Å². The fourth-order valence-electron chi connectivity index (χ4n) is 2.23. The molecule has 1 fully saturated rings. The van der Waals surface area contributed by atoms with Crippen LogP contribution in [0, 0.1) is 0 Å². The first-order valence-corrected chi connectivity index (χ1v) is 8.09. The number of aromatic nitrogens is 1. The molecule has 1 aliphatic rings. The fraction of sp³-hybridized carbons (Fsp3) is 0.278. The van der Waals surface area contributed by atoms with Crippen molar-refractivity contribution in [3.8, 4) is 0 Å². The van der Waals surface area contributed by atoms with E-state index in [0.717, 1.165) is 24.3 Å². The summed E-state index contributed by atoms with van der Waals surface area (Å²) in [6.07, 6.45) is 3.69. The number of hydrogen-bond donors (Lipinski definition) is 4. The second-order valence-electron chi connectivity index (χ2n) is 5.62. The van der Waals surface area contributed by atoms with Crippen molar-refractivity contribution in [1.82, 2.24) is 10.3 Å². The Bertz CT molecular complexity index is 699. The van der Waals surface area contributed by atoms with Crippen LogP contribution in [0.25, 0.3) is 0 Å². The molecule has 1 atom stereocenters. The number of nitrogens with one attached hydrogen (secondary N) is 3. The summed E-state index contributed by atoms with van der Waals surface area (Å²) >= 11 is 0. The van der Waals surface area contributed by atoms with E-state index < -0.39 is 0 Å². The Labute approximate surface area is 147 Å². The highest BCUT2D eigenvalue weighted by molar-refractivity contribution is 5.91. The second-order valence-corrected chi connectivity index (χ2v) is 5.62. The van der Waals surface area contributed by atoms with Gasteiger partial charge in [0, 0.05) is 19.5 Å². The molecule has 0 spiro atoms. The summed E-state index contributed by atoms with van der Waals surface area (Å²) < 4.78 is 0. The summed E-state index contributed by atoms with van der Waals surface area (Å²) in [7, 11) is 1.85. The number of para-hydroxylation sites is 2. The zero-order valence-corrected chi connectivity index (χ0v) is 14.2. The highest BCUT2D eigenvalue weighted by Gasteiger charge is 2.19. The topological polar surface area (TPSA) is 109 Å². The van der Waals surface area contributed by atoms with Crippen LogP contribution < -0.4 is 21.7 Å². The molecule has 1 aromatic heterocycles. The molecule has 7 heteroatoms. The van der Waals surface area contributed by atoms with E-state index in [1.165, 1.54) is 6.20 Å². The lowest BCUT2D eigenvalue weighted by Crippen LogP contribution is -2.44. The van der Waals surface area contributed by atoms with Crippen molar-refractivity contribution in [2.45, 2.75) is 18.9 Å². The van der Waals surface area contributed by atoms with Gasteiger partial charge in [-0.05, 0) is 37.2 Å². The van der Waals surface area contributed by atoms with Gasteiger partial charge in [-0.1, -0.05) is 12.1 Å². The maximum atomic E-state index is 11.5. The van der Waals surface area contributed by atoms with E-state index in [0.29, 0.717) is 30.1 Å². The van der Waals surface area contributed by atoms with Gasteiger partial charge in [-0.25, -0.2) is 0 Å². The number of nitrogens with two attached hydrogens (primary N) is 1. The Morgan fingerprint density at radius 3 is 2.60 bits per heavy atom. The number of aldehydes is 1. The molecule has 0 aliphatic carbocycles. The van der Waals surface area contributed by atoms with Gasteiger partial charge in [0.2, 0.25) is 5.91 Å². The normalized spacial score (nSPS) is 15.2. The smallest absolute Gasteiger partial charge is 0.225 e. The number of nitrogen functional groups attached to an aromatic ring is 1. The number of rotatable bonds is 5. The molecule has 1 unspecified atom stereocenters. The molecule has 1 amide bonds. The molecule has 0 bridgehead atoms. The van der Waals surface area contributed by atoms with Gasteiger partial charge in [0.1, 0.15) is 5.69 Å². The van der Waals surface area contributed by atoms with Gasteiger partial charge in [0.05, 0.1) is 23.3 Å². The van der Waals surface area contributed by atoms with E-state index in [-0.39, 0.29) is 5.91 Å². The van der Waals surface area contributed by atoms with Gasteiger partial charge in [-0.2, -0.15) is 0 Å². The van der Waals surface area contributed by atoms with E-state index in [9.17, 15) is 9.59 Å². The van der Waals surface area contributed by atoms with Crippen molar-refractivity contribution >= 4 is 29.3 Å². The van der Waals surface area contributed by atoms with Crippen molar-refractivity contribution in [2.75, 3.05) is 30.0 Å². The Balaban J connectivity index is 0.000000212. The third-order valence-electron chi connectivity index (χ3n) is 3.78. The van der Waals surface area contributed by atoms with Crippen LogP contribution in [-0.2, 0) is 4.79 Å². The number of carbonyl (C=O) groups excluding carboxylic acids is 2. The quantitative estimate of drug-likeness (QED) is 0.488. The maximum absolute atomic E-state index is 11.5. The number of amides is 1. The van der Waals surface area contributed by atoms with E-state index in [1.54, 1.807) is 12.1 Å². The third kappa shape index (κ3) is 5.89. The average molecular weight is 341 g/mol. The second kappa shape index (κ2) is 9.39.